The maximum absolute atomic E-state index is 14.6. The maximum Gasteiger partial charge on any atom is 0.327 e. The number of carbonyl (C=O) groups excluding carboxylic acids is 1. The molecular weight excluding hydrogens is 399 g/mol. The van der Waals surface area contributed by atoms with Crippen LogP contribution in [0.25, 0.3) is 33.6 Å². The number of pyridine rings is 1. The van der Waals surface area contributed by atoms with E-state index in [2.05, 4.69) is 20.3 Å². The van der Waals surface area contributed by atoms with Gasteiger partial charge in [0.2, 0.25) is 0 Å². The van der Waals surface area contributed by atoms with E-state index in [0.29, 0.717) is 11.1 Å². The second-order valence-electron chi connectivity index (χ2n) is 6.95. The Morgan fingerprint density at radius 2 is 2.06 bits per heavy atom. The standard InChI is InChI=1S/C22H21FN6O2/c1-14-3-2-4-20(27-14)22-18(11-25-28-22)15-5-6-19(23)17(9-15)16-10-26-29(12-16)13-21(30)31-8-7-24/h2-6,9-12H,7-8,13,24H2,1H3,(H,25,28). The Hall–Kier alpha value is -3.85. The summed E-state index contributed by atoms with van der Waals surface area (Å²) in [5, 5.41) is 11.3. The lowest BCUT2D eigenvalue weighted by Gasteiger charge is -2.07. The van der Waals surface area contributed by atoms with Crippen LogP contribution in [0.15, 0.2) is 55.0 Å². The number of aromatic nitrogens is 5. The van der Waals surface area contributed by atoms with Gasteiger partial charge >= 0.3 is 5.97 Å². The third kappa shape index (κ3) is 4.51. The lowest BCUT2D eigenvalue weighted by molar-refractivity contribution is -0.144. The van der Waals surface area contributed by atoms with Crippen LogP contribution >= 0.6 is 0 Å². The van der Waals surface area contributed by atoms with Gasteiger partial charge in [-0.25, -0.2) is 4.39 Å². The number of nitrogens with one attached hydrogen (secondary N) is 1. The van der Waals surface area contributed by atoms with Gasteiger partial charge in [-0.1, -0.05) is 12.1 Å². The van der Waals surface area contributed by atoms with E-state index in [1.54, 1.807) is 24.5 Å². The van der Waals surface area contributed by atoms with Crippen molar-refractivity contribution in [3.05, 3.63) is 66.5 Å². The highest BCUT2D eigenvalue weighted by atomic mass is 19.1. The highest BCUT2D eigenvalue weighted by molar-refractivity contribution is 5.81. The zero-order chi connectivity index (χ0) is 21.8. The molecular formula is C22H21FN6O2. The average molecular weight is 420 g/mol. The van der Waals surface area contributed by atoms with Gasteiger partial charge in [0.25, 0.3) is 0 Å². The number of halogens is 1. The van der Waals surface area contributed by atoms with E-state index >= 15 is 0 Å². The summed E-state index contributed by atoms with van der Waals surface area (Å²) >= 11 is 0. The van der Waals surface area contributed by atoms with Crippen molar-refractivity contribution in [2.24, 2.45) is 5.73 Å². The van der Waals surface area contributed by atoms with Gasteiger partial charge in [-0.15, -0.1) is 0 Å². The number of hydrogen-bond donors (Lipinski definition) is 2. The van der Waals surface area contributed by atoms with Gasteiger partial charge in [-0.05, 0) is 36.8 Å². The largest absolute Gasteiger partial charge is 0.463 e. The Labute approximate surface area is 177 Å². The molecule has 4 rings (SSSR count). The van der Waals surface area contributed by atoms with Crippen LogP contribution in [-0.4, -0.2) is 44.1 Å². The molecule has 1 aromatic carbocycles. The van der Waals surface area contributed by atoms with Crippen LogP contribution in [0.3, 0.4) is 0 Å². The molecule has 0 aliphatic rings. The van der Waals surface area contributed by atoms with E-state index in [1.165, 1.54) is 16.9 Å². The third-order valence-corrected chi connectivity index (χ3v) is 4.68. The van der Waals surface area contributed by atoms with E-state index in [1.807, 2.05) is 25.1 Å². The summed E-state index contributed by atoms with van der Waals surface area (Å²) in [6, 6.07) is 10.6. The molecule has 0 aliphatic carbocycles. The Kier molecular flexibility index (Phi) is 5.85. The summed E-state index contributed by atoms with van der Waals surface area (Å²) in [7, 11) is 0. The highest BCUT2D eigenvalue weighted by Gasteiger charge is 2.15. The maximum atomic E-state index is 14.6. The molecule has 0 radical (unpaired) electrons. The molecule has 8 nitrogen and oxygen atoms in total. The summed E-state index contributed by atoms with van der Waals surface area (Å²) in [6.07, 6.45) is 4.80. The predicted molar refractivity (Wildman–Crippen MR) is 113 cm³/mol. The molecule has 0 saturated heterocycles. The molecule has 0 aliphatic heterocycles. The van der Waals surface area contributed by atoms with Gasteiger partial charge < -0.3 is 10.5 Å². The van der Waals surface area contributed by atoms with Crippen molar-refractivity contribution in [1.29, 1.82) is 0 Å². The van der Waals surface area contributed by atoms with Crippen molar-refractivity contribution < 1.29 is 13.9 Å². The lowest BCUT2D eigenvalue weighted by Crippen LogP contribution is -2.18. The number of aryl methyl sites for hydroxylation is 1. The molecule has 0 unspecified atom stereocenters. The van der Waals surface area contributed by atoms with Gasteiger partial charge in [0.15, 0.2) is 0 Å². The molecule has 3 aromatic heterocycles. The molecule has 9 heteroatoms. The fraction of sp³-hybridized carbons (Fsp3) is 0.182. The quantitative estimate of drug-likeness (QED) is 0.445. The molecule has 31 heavy (non-hydrogen) atoms. The van der Waals surface area contributed by atoms with Crippen LogP contribution in [0, 0.1) is 12.7 Å². The minimum atomic E-state index is -0.456. The number of rotatable bonds is 7. The van der Waals surface area contributed by atoms with Crippen LogP contribution in [0.5, 0.6) is 0 Å². The first-order chi connectivity index (χ1) is 15.0. The van der Waals surface area contributed by atoms with Crippen LogP contribution in [0.4, 0.5) is 4.39 Å². The number of esters is 1. The van der Waals surface area contributed by atoms with Crippen LogP contribution in [0.1, 0.15) is 5.69 Å². The second kappa shape index (κ2) is 8.88. The zero-order valence-electron chi connectivity index (χ0n) is 16.9. The van der Waals surface area contributed by atoms with Crippen molar-refractivity contribution in [3.8, 4) is 33.6 Å². The van der Waals surface area contributed by atoms with Crippen LogP contribution in [0.2, 0.25) is 0 Å². The number of nitrogens with two attached hydrogens (primary N) is 1. The van der Waals surface area contributed by atoms with Gasteiger partial charge in [-0.2, -0.15) is 10.2 Å². The summed E-state index contributed by atoms with van der Waals surface area (Å²) in [4.78, 5) is 16.3. The Balaban J connectivity index is 1.64. The Morgan fingerprint density at radius 3 is 2.87 bits per heavy atom. The smallest absolute Gasteiger partial charge is 0.327 e. The van der Waals surface area contributed by atoms with E-state index in [4.69, 9.17) is 10.5 Å². The van der Waals surface area contributed by atoms with Crippen LogP contribution < -0.4 is 5.73 Å². The van der Waals surface area contributed by atoms with Crippen molar-refractivity contribution >= 4 is 5.97 Å². The molecule has 3 N–H and O–H groups in total. The summed E-state index contributed by atoms with van der Waals surface area (Å²) in [5.74, 6) is -0.851. The van der Waals surface area contributed by atoms with Gasteiger partial charge in [0, 0.05) is 35.1 Å². The molecule has 0 spiro atoms. The summed E-state index contributed by atoms with van der Waals surface area (Å²) in [6.45, 7) is 2.24. The minimum Gasteiger partial charge on any atom is -0.463 e. The van der Waals surface area contributed by atoms with E-state index in [0.717, 1.165) is 28.2 Å². The predicted octanol–water partition coefficient (Wildman–Crippen LogP) is 2.95. The molecule has 3 heterocycles. The molecule has 4 aromatic rings. The number of ether oxygens (including phenoxy) is 1. The van der Waals surface area contributed by atoms with Gasteiger partial charge in [0.05, 0.1) is 23.8 Å². The molecule has 0 fully saturated rings. The molecule has 0 atom stereocenters. The number of carbonyl (C=O) groups is 1. The van der Waals surface area contributed by atoms with Gasteiger partial charge in [-0.3, -0.25) is 19.6 Å². The Bertz CT molecular complexity index is 1220. The zero-order valence-corrected chi connectivity index (χ0v) is 16.9. The second-order valence-corrected chi connectivity index (χ2v) is 6.95. The monoisotopic (exact) mass is 420 g/mol. The average Bonchev–Trinajstić information content (AvgIpc) is 3.42. The minimum absolute atomic E-state index is 0.0772. The van der Waals surface area contributed by atoms with Crippen molar-refractivity contribution in [1.82, 2.24) is 25.0 Å². The van der Waals surface area contributed by atoms with E-state index < -0.39 is 11.8 Å². The van der Waals surface area contributed by atoms with Crippen molar-refractivity contribution in [3.63, 3.8) is 0 Å². The fourth-order valence-electron chi connectivity index (χ4n) is 3.24. The van der Waals surface area contributed by atoms with Gasteiger partial charge in [0.1, 0.15) is 19.0 Å². The topological polar surface area (TPSA) is 112 Å². The lowest BCUT2D eigenvalue weighted by atomic mass is 9.99. The normalized spacial score (nSPS) is 10.9. The number of benzene rings is 1. The molecule has 158 valence electrons. The number of nitrogens with zero attached hydrogens (tertiary/aromatic N) is 4. The SMILES string of the molecule is Cc1cccc(-c2[nH]ncc2-c2ccc(F)c(-c3cnn(CC(=O)OCCN)c3)c2)n1. The first-order valence-corrected chi connectivity index (χ1v) is 9.71. The van der Waals surface area contributed by atoms with Crippen LogP contribution in [-0.2, 0) is 16.1 Å². The first-order valence-electron chi connectivity index (χ1n) is 9.71. The number of aromatic amines is 1. The Morgan fingerprint density at radius 1 is 1.19 bits per heavy atom. The molecule has 0 amide bonds. The van der Waals surface area contributed by atoms with E-state index in [9.17, 15) is 9.18 Å². The van der Waals surface area contributed by atoms with E-state index in [-0.39, 0.29) is 19.7 Å². The third-order valence-electron chi connectivity index (χ3n) is 4.68. The summed E-state index contributed by atoms with van der Waals surface area (Å²) < 4.78 is 21.0. The number of hydrogen-bond acceptors (Lipinski definition) is 6. The molecule has 0 bridgehead atoms. The van der Waals surface area contributed by atoms with Crippen molar-refractivity contribution in [2.45, 2.75) is 13.5 Å². The molecule has 0 saturated carbocycles. The summed E-state index contributed by atoms with van der Waals surface area (Å²) in [5.41, 5.74) is 10.2. The number of H-pyrrole nitrogens is 1. The highest BCUT2D eigenvalue weighted by Crippen LogP contribution is 2.33. The van der Waals surface area contributed by atoms with Crippen molar-refractivity contribution in [2.75, 3.05) is 13.2 Å². The first kappa shape index (κ1) is 20.4. The fourth-order valence-corrected chi connectivity index (χ4v) is 3.24.